The molecule has 0 bridgehead atoms. The summed E-state index contributed by atoms with van der Waals surface area (Å²) < 4.78 is 1.72. The van der Waals surface area contributed by atoms with E-state index in [2.05, 4.69) is 42.1 Å². The summed E-state index contributed by atoms with van der Waals surface area (Å²) in [5.74, 6) is 6.22. The number of ketones is 1. The molecule has 3 aromatic heterocycles. The van der Waals surface area contributed by atoms with Crippen LogP contribution in [0.1, 0.15) is 30.9 Å². The highest BCUT2D eigenvalue weighted by Crippen LogP contribution is 2.68. The van der Waals surface area contributed by atoms with Crippen LogP contribution in [0.2, 0.25) is 0 Å². The number of aliphatic hydroxyl groups is 2. The van der Waals surface area contributed by atoms with Gasteiger partial charge in [-0.3, -0.25) is 9.78 Å². The number of aliphatic hydroxyl groups excluding tert-OH is 2. The number of anilines is 1. The Labute approximate surface area is 171 Å². The summed E-state index contributed by atoms with van der Waals surface area (Å²) in [6.07, 6.45) is 4.55. The molecule has 3 heterocycles. The first-order valence-corrected chi connectivity index (χ1v) is 9.55. The monoisotopic (exact) mass is 405 g/mol. The summed E-state index contributed by atoms with van der Waals surface area (Å²) in [5, 5.41) is 24.2. The Hall–Kier alpha value is -3.42. The van der Waals surface area contributed by atoms with Crippen LogP contribution in [0, 0.1) is 23.2 Å². The van der Waals surface area contributed by atoms with E-state index in [9.17, 15) is 15.0 Å². The maximum atomic E-state index is 12.2. The molecule has 5 atom stereocenters. The van der Waals surface area contributed by atoms with Gasteiger partial charge in [-0.15, -0.1) is 0 Å². The lowest BCUT2D eigenvalue weighted by Crippen LogP contribution is -2.36. The largest absolute Gasteiger partial charge is 0.389 e. The molecule has 0 aromatic carbocycles. The smallest absolute Gasteiger partial charge is 0.209 e. The van der Waals surface area contributed by atoms with Gasteiger partial charge in [-0.1, -0.05) is 0 Å². The first kappa shape index (κ1) is 18.6. The highest BCUT2D eigenvalue weighted by molar-refractivity contribution is 5.88. The molecule has 3 N–H and O–H groups in total. The number of hydrogen-bond acceptors (Lipinski definition) is 9. The fourth-order valence-electron chi connectivity index (χ4n) is 4.62. The van der Waals surface area contributed by atoms with Crippen molar-refractivity contribution in [3.05, 3.63) is 36.4 Å². The highest BCUT2D eigenvalue weighted by atomic mass is 16.3. The molecule has 0 saturated heterocycles. The van der Waals surface area contributed by atoms with Crippen LogP contribution in [0.5, 0.6) is 0 Å². The van der Waals surface area contributed by atoms with Crippen molar-refractivity contribution in [1.29, 1.82) is 0 Å². The molecule has 2 unspecified atom stereocenters. The quantitative estimate of drug-likeness (QED) is 0.511. The summed E-state index contributed by atoms with van der Waals surface area (Å²) in [4.78, 5) is 33.6. The molecule has 2 aliphatic rings. The van der Waals surface area contributed by atoms with Crippen LogP contribution >= 0.6 is 0 Å². The molecule has 2 aliphatic carbocycles. The Kier molecular flexibility index (Phi) is 4.06. The van der Waals surface area contributed by atoms with Crippen molar-refractivity contribution in [3.63, 3.8) is 0 Å². The van der Waals surface area contributed by atoms with E-state index in [0.717, 1.165) is 0 Å². The molecule has 0 amide bonds. The summed E-state index contributed by atoms with van der Waals surface area (Å²) in [5.41, 5.74) is 0.596. The van der Waals surface area contributed by atoms with Gasteiger partial charge in [0.2, 0.25) is 5.82 Å². The molecule has 0 spiro atoms. The summed E-state index contributed by atoms with van der Waals surface area (Å²) in [6.45, 7) is 1.46. The predicted molar refractivity (Wildman–Crippen MR) is 105 cm³/mol. The molecule has 2 fully saturated rings. The SMILES string of the molecule is CNc1nc(C#Cc2cnccn2)nc2c1ncn2[C@@H]1C2C[C@@]2(C(C)=O)C(O)[C@H]1O. The van der Waals surface area contributed by atoms with E-state index < -0.39 is 23.7 Å². The molecular formula is C20H19N7O3. The topological polar surface area (TPSA) is 139 Å². The number of rotatable bonds is 3. The van der Waals surface area contributed by atoms with E-state index in [1.165, 1.54) is 6.92 Å². The van der Waals surface area contributed by atoms with Gasteiger partial charge in [-0.05, 0) is 31.1 Å². The maximum absolute atomic E-state index is 12.2. The van der Waals surface area contributed by atoms with Gasteiger partial charge < -0.3 is 20.1 Å². The van der Waals surface area contributed by atoms with Crippen molar-refractivity contribution in [2.75, 3.05) is 12.4 Å². The second-order valence-electron chi connectivity index (χ2n) is 7.64. The fraction of sp³-hybridized carbons (Fsp3) is 0.400. The Morgan fingerprint density at radius 1 is 1.27 bits per heavy atom. The van der Waals surface area contributed by atoms with Crippen molar-refractivity contribution in [3.8, 4) is 11.8 Å². The van der Waals surface area contributed by atoms with Gasteiger partial charge in [0.25, 0.3) is 0 Å². The summed E-state index contributed by atoms with van der Waals surface area (Å²) in [7, 11) is 1.72. The van der Waals surface area contributed by atoms with E-state index >= 15 is 0 Å². The molecular weight excluding hydrogens is 386 g/mol. The van der Waals surface area contributed by atoms with E-state index in [1.54, 1.807) is 36.5 Å². The lowest BCUT2D eigenvalue weighted by Gasteiger charge is -2.23. The number of aromatic nitrogens is 6. The third-order valence-corrected chi connectivity index (χ3v) is 6.17. The van der Waals surface area contributed by atoms with Gasteiger partial charge in [-0.25, -0.2) is 19.9 Å². The van der Waals surface area contributed by atoms with Crippen molar-refractivity contribution in [1.82, 2.24) is 29.5 Å². The highest BCUT2D eigenvalue weighted by Gasteiger charge is 2.74. The van der Waals surface area contributed by atoms with Crippen LogP contribution in [0.4, 0.5) is 5.82 Å². The minimum absolute atomic E-state index is 0.105. The Balaban J connectivity index is 1.60. The van der Waals surface area contributed by atoms with E-state index in [0.29, 0.717) is 29.1 Å². The third kappa shape index (κ3) is 2.52. The predicted octanol–water partition coefficient (Wildman–Crippen LogP) is -0.0704. The molecule has 152 valence electrons. The average molecular weight is 405 g/mol. The van der Waals surface area contributed by atoms with Gasteiger partial charge in [-0.2, -0.15) is 0 Å². The third-order valence-electron chi connectivity index (χ3n) is 6.17. The number of carbonyl (C=O) groups excluding carboxylic acids is 1. The number of Topliss-reactive ketones (excluding diaryl/α,β-unsaturated/α-hetero) is 1. The lowest BCUT2D eigenvalue weighted by molar-refractivity contribution is -0.128. The number of nitrogens with zero attached hydrogens (tertiary/aromatic N) is 6. The van der Waals surface area contributed by atoms with Crippen LogP contribution in [0.25, 0.3) is 11.2 Å². The number of carbonyl (C=O) groups is 1. The Morgan fingerprint density at radius 2 is 2.10 bits per heavy atom. The molecule has 2 saturated carbocycles. The summed E-state index contributed by atoms with van der Waals surface area (Å²) in [6, 6.07) is -0.505. The van der Waals surface area contributed by atoms with Crippen molar-refractivity contribution >= 4 is 22.8 Å². The van der Waals surface area contributed by atoms with Crippen LogP contribution in [0.15, 0.2) is 24.9 Å². The molecule has 5 rings (SSSR count). The zero-order chi connectivity index (χ0) is 21.0. The van der Waals surface area contributed by atoms with Gasteiger partial charge in [0.15, 0.2) is 17.0 Å². The number of nitrogens with one attached hydrogen (secondary N) is 1. The van der Waals surface area contributed by atoms with Crippen LogP contribution in [-0.4, -0.2) is 64.7 Å². The van der Waals surface area contributed by atoms with Crippen LogP contribution in [0.3, 0.4) is 0 Å². The lowest BCUT2D eigenvalue weighted by atomic mass is 9.95. The Morgan fingerprint density at radius 3 is 2.77 bits per heavy atom. The van der Waals surface area contributed by atoms with E-state index in [-0.39, 0.29) is 17.5 Å². The second kappa shape index (κ2) is 6.55. The molecule has 0 aliphatic heterocycles. The minimum atomic E-state index is -1.11. The second-order valence-corrected chi connectivity index (χ2v) is 7.64. The van der Waals surface area contributed by atoms with Gasteiger partial charge in [0, 0.05) is 19.4 Å². The van der Waals surface area contributed by atoms with Gasteiger partial charge >= 0.3 is 0 Å². The zero-order valence-electron chi connectivity index (χ0n) is 16.3. The molecule has 3 aromatic rings. The standard InChI is InChI=1S/C20H19N7O3/c1-10(28)20-7-12(20)15(16(29)17(20)30)27-9-24-14-18(21-2)25-13(26-19(14)27)4-3-11-8-22-5-6-23-11/h5-6,8-9,12,15-17,29-30H,7H2,1-2H3,(H,21,25,26)/t12?,15-,16+,17?,20+/m1/s1. The van der Waals surface area contributed by atoms with Crippen molar-refractivity contribution < 1.29 is 15.0 Å². The first-order chi connectivity index (χ1) is 14.5. The number of fused-ring (bicyclic) bond motifs is 2. The number of imidazole rings is 1. The van der Waals surface area contributed by atoms with Gasteiger partial charge in [0.1, 0.15) is 17.6 Å². The van der Waals surface area contributed by atoms with E-state index in [4.69, 9.17) is 0 Å². The fourth-order valence-corrected chi connectivity index (χ4v) is 4.62. The van der Waals surface area contributed by atoms with Crippen molar-refractivity contribution in [2.45, 2.75) is 31.6 Å². The van der Waals surface area contributed by atoms with Crippen LogP contribution in [-0.2, 0) is 4.79 Å². The first-order valence-electron chi connectivity index (χ1n) is 9.55. The molecule has 30 heavy (non-hydrogen) atoms. The van der Waals surface area contributed by atoms with Crippen LogP contribution < -0.4 is 5.32 Å². The normalized spacial score (nSPS) is 29.2. The minimum Gasteiger partial charge on any atom is -0.389 e. The molecule has 10 heteroatoms. The Bertz CT molecular complexity index is 1220. The molecule has 0 radical (unpaired) electrons. The number of hydrogen-bond donors (Lipinski definition) is 3. The molecule has 10 nitrogen and oxygen atoms in total. The van der Waals surface area contributed by atoms with Crippen molar-refractivity contribution in [2.24, 2.45) is 11.3 Å². The van der Waals surface area contributed by atoms with Gasteiger partial charge in [0.05, 0.1) is 30.1 Å². The average Bonchev–Trinajstić information content (AvgIpc) is 3.30. The maximum Gasteiger partial charge on any atom is 0.209 e. The van der Waals surface area contributed by atoms with E-state index in [1.807, 2.05) is 0 Å². The summed E-state index contributed by atoms with van der Waals surface area (Å²) >= 11 is 0. The zero-order valence-corrected chi connectivity index (χ0v) is 16.3.